The van der Waals surface area contributed by atoms with Crippen molar-refractivity contribution < 1.29 is 14.5 Å². The van der Waals surface area contributed by atoms with E-state index in [1.807, 2.05) is 6.08 Å². The van der Waals surface area contributed by atoms with Gasteiger partial charge in [-0.05, 0) is 70.2 Å². The Bertz CT molecular complexity index is 753. The zero-order valence-electron chi connectivity index (χ0n) is 15.5. The molecule has 0 aliphatic carbocycles. The van der Waals surface area contributed by atoms with Crippen molar-refractivity contribution >= 4 is 11.7 Å². The fourth-order valence-electron chi connectivity index (χ4n) is 2.78. The van der Waals surface area contributed by atoms with E-state index >= 15 is 0 Å². The number of carbonyl (C=O) groups is 1. The van der Waals surface area contributed by atoms with Gasteiger partial charge in [0.15, 0.2) is 0 Å². The molecule has 0 spiro atoms. The van der Waals surface area contributed by atoms with Crippen LogP contribution in [0.25, 0.3) is 0 Å². The summed E-state index contributed by atoms with van der Waals surface area (Å²) < 4.78 is 5.38. The monoisotopic (exact) mass is 355 g/mol. The molecule has 1 aromatic carbocycles. The van der Waals surface area contributed by atoms with Gasteiger partial charge in [0.2, 0.25) is 0 Å². The van der Waals surface area contributed by atoms with E-state index < -0.39 is 11.0 Å². The Kier molecular flexibility index (Phi) is 6.89. The number of carbonyl (C=O) groups excluding carboxylic acids is 1. The Hall–Kier alpha value is -2.69. The third-order valence-electron chi connectivity index (χ3n) is 4.28. The van der Waals surface area contributed by atoms with Gasteiger partial charge < -0.3 is 4.74 Å². The molecule has 0 radical (unpaired) electrons. The molecule has 138 valence electrons. The molecule has 0 unspecified atom stereocenters. The molecule has 0 fully saturated rings. The lowest BCUT2D eigenvalue weighted by Crippen LogP contribution is -2.02. The van der Waals surface area contributed by atoms with Crippen molar-refractivity contribution in [2.24, 2.45) is 0 Å². The predicted molar refractivity (Wildman–Crippen MR) is 102 cm³/mol. The fourth-order valence-corrected chi connectivity index (χ4v) is 2.78. The molecule has 0 saturated heterocycles. The number of nitro benzene ring substituents is 1. The molecule has 5 heteroatoms. The molecule has 26 heavy (non-hydrogen) atoms. The molecule has 0 aromatic heterocycles. The molecule has 0 amide bonds. The number of cyclic esters (lactones) is 1. The standard InChI is InChI=1S/C21H25NO4/c1-15(2)6-4-7-16(3)8-5-9-18-14-20(26-21(18)23)17-10-12-19(13-11-17)22(24)25/h6,8,10-14,20H,4-5,7,9H2,1-3H3/b16-8+/t20-/m1/s1. The topological polar surface area (TPSA) is 69.4 Å². The van der Waals surface area contributed by atoms with Gasteiger partial charge in [0, 0.05) is 17.7 Å². The summed E-state index contributed by atoms with van der Waals surface area (Å²) in [6.45, 7) is 6.30. The molecule has 0 N–H and O–H groups in total. The number of nitrogens with zero attached hydrogens (tertiary/aromatic N) is 1. The van der Waals surface area contributed by atoms with Crippen molar-refractivity contribution in [2.75, 3.05) is 0 Å². The van der Waals surface area contributed by atoms with Crippen LogP contribution in [0.5, 0.6) is 0 Å². The third kappa shape index (κ3) is 5.69. The molecule has 0 saturated carbocycles. The van der Waals surface area contributed by atoms with Crippen molar-refractivity contribution in [1.29, 1.82) is 0 Å². The van der Waals surface area contributed by atoms with E-state index in [0.717, 1.165) is 24.8 Å². The summed E-state index contributed by atoms with van der Waals surface area (Å²) in [6.07, 6.45) is 9.26. The summed E-state index contributed by atoms with van der Waals surface area (Å²) in [5.74, 6) is -0.302. The minimum atomic E-state index is -0.457. The van der Waals surface area contributed by atoms with Gasteiger partial charge in [-0.25, -0.2) is 4.79 Å². The van der Waals surface area contributed by atoms with E-state index in [2.05, 4.69) is 32.9 Å². The highest BCUT2D eigenvalue weighted by Gasteiger charge is 2.26. The van der Waals surface area contributed by atoms with Crippen LogP contribution in [0.3, 0.4) is 0 Å². The molecule has 1 aromatic rings. The summed E-state index contributed by atoms with van der Waals surface area (Å²) >= 11 is 0. The van der Waals surface area contributed by atoms with Crippen LogP contribution in [0.4, 0.5) is 5.69 Å². The number of nitro groups is 1. The number of ether oxygens (including phenoxy) is 1. The molecule has 0 bridgehead atoms. The largest absolute Gasteiger partial charge is 0.450 e. The van der Waals surface area contributed by atoms with Crippen LogP contribution in [0.15, 0.2) is 59.2 Å². The summed E-state index contributed by atoms with van der Waals surface area (Å²) in [7, 11) is 0. The Labute approximate surface area is 154 Å². The van der Waals surface area contributed by atoms with Crippen LogP contribution in [-0.2, 0) is 9.53 Å². The molecule has 1 heterocycles. The number of allylic oxidation sites excluding steroid dienone is 4. The molecule has 1 aliphatic heterocycles. The molecule has 1 aliphatic rings. The number of esters is 1. The van der Waals surface area contributed by atoms with Crippen LogP contribution in [0, 0.1) is 10.1 Å². The van der Waals surface area contributed by atoms with Crippen molar-refractivity contribution in [3.8, 4) is 0 Å². The van der Waals surface area contributed by atoms with Crippen molar-refractivity contribution in [2.45, 2.75) is 52.6 Å². The first kappa shape index (κ1) is 19.6. The van der Waals surface area contributed by atoms with Gasteiger partial charge in [-0.1, -0.05) is 23.3 Å². The molecule has 5 nitrogen and oxygen atoms in total. The van der Waals surface area contributed by atoms with Gasteiger partial charge >= 0.3 is 5.97 Å². The molecule has 2 rings (SSSR count). The quantitative estimate of drug-likeness (QED) is 0.264. The first-order valence-corrected chi connectivity index (χ1v) is 8.82. The van der Waals surface area contributed by atoms with Crippen LogP contribution in [0.1, 0.15) is 58.1 Å². The summed E-state index contributed by atoms with van der Waals surface area (Å²) in [4.78, 5) is 22.3. The maximum atomic E-state index is 12.0. The maximum Gasteiger partial charge on any atom is 0.334 e. The van der Waals surface area contributed by atoms with Crippen molar-refractivity contribution in [1.82, 2.24) is 0 Å². The highest BCUT2D eigenvalue weighted by atomic mass is 16.6. The molecule has 1 atom stereocenters. The second-order valence-electron chi connectivity index (χ2n) is 6.78. The normalized spacial score (nSPS) is 16.9. The van der Waals surface area contributed by atoms with Crippen LogP contribution >= 0.6 is 0 Å². The highest BCUT2D eigenvalue weighted by Crippen LogP contribution is 2.30. The average molecular weight is 355 g/mol. The third-order valence-corrected chi connectivity index (χ3v) is 4.28. The Morgan fingerprint density at radius 1 is 1.15 bits per heavy atom. The van der Waals surface area contributed by atoms with E-state index in [0.29, 0.717) is 12.0 Å². The van der Waals surface area contributed by atoms with Gasteiger partial charge in [-0.3, -0.25) is 10.1 Å². The van der Waals surface area contributed by atoms with Gasteiger partial charge in [-0.15, -0.1) is 0 Å². The van der Waals surface area contributed by atoms with Gasteiger partial charge in [0.25, 0.3) is 5.69 Å². The fraction of sp³-hybridized carbons (Fsp3) is 0.381. The highest BCUT2D eigenvalue weighted by molar-refractivity contribution is 5.91. The second-order valence-corrected chi connectivity index (χ2v) is 6.78. The number of hydrogen-bond donors (Lipinski definition) is 0. The van der Waals surface area contributed by atoms with E-state index in [-0.39, 0.29) is 11.7 Å². The number of benzene rings is 1. The SMILES string of the molecule is CC(C)=CCC/C(C)=C/CCC1=C[C@H](c2ccc([N+](=O)[O-])cc2)OC1=O. The predicted octanol–water partition coefficient (Wildman–Crippen LogP) is 5.59. The van der Waals surface area contributed by atoms with E-state index in [1.165, 1.54) is 23.3 Å². The second kappa shape index (κ2) is 9.13. The smallest absolute Gasteiger partial charge is 0.334 e. The summed E-state index contributed by atoms with van der Waals surface area (Å²) in [5, 5.41) is 10.7. The van der Waals surface area contributed by atoms with E-state index in [4.69, 9.17) is 4.74 Å². The zero-order chi connectivity index (χ0) is 19.1. The zero-order valence-corrected chi connectivity index (χ0v) is 15.5. The lowest BCUT2D eigenvalue weighted by atomic mass is 10.0. The average Bonchev–Trinajstić information content (AvgIpc) is 2.95. The summed E-state index contributed by atoms with van der Waals surface area (Å²) in [5.41, 5.74) is 4.08. The minimum absolute atomic E-state index is 0.0241. The number of rotatable bonds is 8. The molecular formula is C21H25NO4. The Morgan fingerprint density at radius 2 is 1.85 bits per heavy atom. The van der Waals surface area contributed by atoms with Gasteiger partial charge in [0.05, 0.1) is 4.92 Å². The lowest BCUT2D eigenvalue weighted by Gasteiger charge is -2.07. The number of hydrogen-bond acceptors (Lipinski definition) is 4. The van der Waals surface area contributed by atoms with Crippen LogP contribution in [-0.4, -0.2) is 10.9 Å². The van der Waals surface area contributed by atoms with Crippen LogP contribution in [0.2, 0.25) is 0 Å². The van der Waals surface area contributed by atoms with Gasteiger partial charge in [0.1, 0.15) is 6.10 Å². The Morgan fingerprint density at radius 3 is 2.46 bits per heavy atom. The first-order valence-electron chi connectivity index (χ1n) is 8.82. The maximum absolute atomic E-state index is 12.0. The molecular weight excluding hydrogens is 330 g/mol. The Balaban J connectivity index is 1.91. The van der Waals surface area contributed by atoms with E-state index in [1.54, 1.807) is 12.1 Å². The van der Waals surface area contributed by atoms with Crippen molar-refractivity contribution in [3.05, 3.63) is 74.9 Å². The lowest BCUT2D eigenvalue weighted by molar-refractivity contribution is -0.384. The van der Waals surface area contributed by atoms with Crippen molar-refractivity contribution in [3.63, 3.8) is 0 Å². The van der Waals surface area contributed by atoms with Crippen LogP contribution < -0.4 is 0 Å². The summed E-state index contributed by atoms with van der Waals surface area (Å²) in [6, 6.07) is 6.10. The van der Waals surface area contributed by atoms with Gasteiger partial charge in [-0.2, -0.15) is 0 Å². The minimum Gasteiger partial charge on any atom is -0.450 e. The first-order chi connectivity index (χ1) is 12.4. The van der Waals surface area contributed by atoms with E-state index in [9.17, 15) is 14.9 Å². The number of non-ortho nitro benzene ring substituents is 1.